The van der Waals surface area contributed by atoms with Gasteiger partial charge >= 0.3 is 0 Å². The van der Waals surface area contributed by atoms with E-state index in [2.05, 4.69) is 13.8 Å². The van der Waals surface area contributed by atoms with Crippen molar-refractivity contribution in [3.05, 3.63) is 70.5 Å². The van der Waals surface area contributed by atoms with Gasteiger partial charge in [-0.3, -0.25) is 14.2 Å². The second-order valence-electron chi connectivity index (χ2n) is 6.65. The average molecular weight is 397 g/mol. The number of Topliss-reactive ketones (excluding diaryl/α,β-unsaturated/α-hetero) is 1. The Balaban J connectivity index is 1.89. The molecule has 5 nitrogen and oxygen atoms in total. The zero-order valence-corrected chi connectivity index (χ0v) is 17.2. The lowest BCUT2D eigenvalue weighted by Crippen LogP contribution is -3.11. The summed E-state index contributed by atoms with van der Waals surface area (Å²) in [4.78, 5) is 31.7. The quantitative estimate of drug-likeness (QED) is 0.343. The van der Waals surface area contributed by atoms with Gasteiger partial charge in [0.25, 0.3) is 5.56 Å². The van der Waals surface area contributed by atoms with Crippen LogP contribution in [0.2, 0.25) is 0 Å². The molecule has 0 unspecified atom stereocenters. The third-order valence-electron chi connectivity index (χ3n) is 4.94. The minimum absolute atomic E-state index is 0.0354. The molecular weight excluding hydrogens is 370 g/mol. The highest BCUT2D eigenvalue weighted by molar-refractivity contribution is 7.99. The van der Waals surface area contributed by atoms with Crippen LogP contribution in [0.5, 0.6) is 0 Å². The molecule has 3 rings (SSSR count). The number of carbonyl (C=O) groups is 1. The Labute approximate surface area is 169 Å². The molecule has 146 valence electrons. The van der Waals surface area contributed by atoms with E-state index in [0.717, 1.165) is 19.6 Å². The summed E-state index contributed by atoms with van der Waals surface area (Å²) < 4.78 is 1.73. The predicted molar refractivity (Wildman–Crippen MR) is 114 cm³/mol. The zero-order valence-electron chi connectivity index (χ0n) is 16.4. The second kappa shape index (κ2) is 9.66. The molecule has 0 spiro atoms. The van der Waals surface area contributed by atoms with Crippen LogP contribution in [0.25, 0.3) is 10.9 Å². The topological polar surface area (TPSA) is 56.4 Å². The lowest BCUT2D eigenvalue weighted by molar-refractivity contribution is -0.897. The second-order valence-corrected chi connectivity index (χ2v) is 7.60. The first-order chi connectivity index (χ1) is 13.6. The van der Waals surface area contributed by atoms with Gasteiger partial charge < -0.3 is 4.90 Å². The van der Waals surface area contributed by atoms with Gasteiger partial charge in [-0.2, -0.15) is 0 Å². The normalized spacial score (nSPS) is 11.2. The number of benzene rings is 2. The molecule has 28 heavy (non-hydrogen) atoms. The number of fused-ring (bicyclic) bond motifs is 1. The summed E-state index contributed by atoms with van der Waals surface area (Å²) >= 11 is 1.34. The number of ketones is 1. The van der Waals surface area contributed by atoms with Crippen molar-refractivity contribution in [1.82, 2.24) is 9.55 Å². The van der Waals surface area contributed by atoms with Crippen molar-refractivity contribution in [3.63, 3.8) is 0 Å². The number of hydrogen-bond donors (Lipinski definition) is 1. The molecule has 1 aromatic heterocycles. The summed E-state index contributed by atoms with van der Waals surface area (Å²) in [5, 5.41) is 1.23. The van der Waals surface area contributed by atoms with E-state index < -0.39 is 0 Å². The van der Waals surface area contributed by atoms with E-state index in [0.29, 0.717) is 28.2 Å². The van der Waals surface area contributed by atoms with Gasteiger partial charge in [-0.1, -0.05) is 54.2 Å². The lowest BCUT2D eigenvalue weighted by atomic mass is 10.2. The number of aromatic nitrogens is 2. The van der Waals surface area contributed by atoms with Crippen LogP contribution in [0.4, 0.5) is 0 Å². The van der Waals surface area contributed by atoms with E-state index in [1.54, 1.807) is 4.57 Å². The fraction of sp³-hybridized carbons (Fsp3) is 0.318. The minimum Gasteiger partial charge on any atom is -0.334 e. The molecule has 1 heterocycles. The third kappa shape index (κ3) is 4.69. The average Bonchev–Trinajstić information content (AvgIpc) is 2.74. The smallest absolute Gasteiger partial charge is 0.262 e. The van der Waals surface area contributed by atoms with Crippen LogP contribution in [0.15, 0.2) is 64.5 Å². The summed E-state index contributed by atoms with van der Waals surface area (Å²) in [7, 11) is 0. The van der Waals surface area contributed by atoms with E-state index in [4.69, 9.17) is 4.98 Å². The molecule has 3 aromatic rings. The van der Waals surface area contributed by atoms with Crippen LogP contribution < -0.4 is 10.5 Å². The minimum atomic E-state index is -0.0354. The fourth-order valence-electron chi connectivity index (χ4n) is 3.17. The van der Waals surface area contributed by atoms with Crippen LogP contribution in [-0.2, 0) is 6.54 Å². The van der Waals surface area contributed by atoms with E-state index >= 15 is 0 Å². The zero-order chi connectivity index (χ0) is 19.9. The van der Waals surface area contributed by atoms with Gasteiger partial charge in [-0.05, 0) is 26.0 Å². The number of likely N-dealkylation sites (N-methyl/N-ethyl adjacent to an activating group) is 1. The molecular formula is C22H26N3O2S+. The van der Waals surface area contributed by atoms with E-state index in [1.165, 1.54) is 16.7 Å². The molecule has 0 saturated heterocycles. The lowest BCUT2D eigenvalue weighted by Gasteiger charge is -2.18. The Morgan fingerprint density at radius 3 is 2.43 bits per heavy atom. The Hall–Kier alpha value is -2.44. The van der Waals surface area contributed by atoms with Crippen molar-refractivity contribution in [2.24, 2.45) is 0 Å². The molecule has 0 saturated carbocycles. The first-order valence-corrected chi connectivity index (χ1v) is 10.7. The van der Waals surface area contributed by atoms with Crippen molar-refractivity contribution in [3.8, 4) is 0 Å². The maximum Gasteiger partial charge on any atom is 0.262 e. The number of hydrogen-bond acceptors (Lipinski definition) is 4. The SMILES string of the molecule is CC[NH+](CC)CCn1c(SCC(=O)c2ccccc2)nc2ccccc2c1=O. The predicted octanol–water partition coefficient (Wildman–Crippen LogP) is 2.30. The number of carbonyl (C=O) groups excluding carboxylic acids is 1. The van der Waals surface area contributed by atoms with Crippen molar-refractivity contribution >= 4 is 28.4 Å². The van der Waals surface area contributed by atoms with Gasteiger partial charge in [0, 0.05) is 5.56 Å². The molecule has 2 aromatic carbocycles. The van der Waals surface area contributed by atoms with Crippen molar-refractivity contribution in [2.45, 2.75) is 25.5 Å². The number of nitrogens with one attached hydrogen (secondary N) is 1. The van der Waals surface area contributed by atoms with Crippen LogP contribution in [0, 0.1) is 0 Å². The summed E-state index contributed by atoms with van der Waals surface area (Å²) in [5.74, 6) is 0.293. The van der Waals surface area contributed by atoms with Crippen LogP contribution in [0.3, 0.4) is 0 Å². The third-order valence-corrected chi connectivity index (χ3v) is 5.92. The molecule has 0 atom stereocenters. The highest BCUT2D eigenvalue weighted by Gasteiger charge is 2.15. The largest absolute Gasteiger partial charge is 0.334 e. The van der Waals surface area contributed by atoms with E-state index in [1.807, 2.05) is 54.6 Å². The number of nitrogens with zero attached hydrogens (tertiary/aromatic N) is 2. The van der Waals surface area contributed by atoms with Crippen LogP contribution >= 0.6 is 11.8 Å². The molecule has 0 aliphatic heterocycles. The Kier molecular flexibility index (Phi) is 7.01. The van der Waals surface area contributed by atoms with Crippen molar-refractivity contribution in [2.75, 3.05) is 25.4 Å². The molecule has 0 bridgehead atoms. The molecule has 0 fully saturated rings. The van der Waals surface area contributed by atoms with Gasteiger partial charge in [0.15, 0.2) is 10.9 Å². The Morgan fingerprint density at radius 2 is 1.71 bits per heavy atom. The van der Waals surface area contributed by atoms with Crippen LogP contribution in [0.1, 0.15) is 24.2 Å². The Morgan fingerprint density at radius 1 is 1.04 bits per heavy atom. The van der Waals surface area contributed by atoms with Crippen molar-refractivity contribution < 1.29 is 9.69 Å². The molecule has 0 radical (unpaired) electrons. The summed E-state index contributed by atoms with van der Waals surface area (Å²) in [6.45, 7) is 7.77. The number of thioether (sulfide) groups is 1. The first-order valence-electron chi connectivity index (χ1n) is 9.68. The number of para-hydroxylation sites is 1. The fourth-order valence-corrected chi connectivity index (χ4v) is 4.09. The van der Waals surface area contributed by atoms with Gasteiger partial charge in [0.2, 0.25) is 0 Å². The first kappa shape index (κ1) is 20.3. The monoisotopic (exact) mass is 396 g/mol. The van der Waals surface area contributed by atoms with Gasteiger partial charge in [0.05, 0.1) is 42.8 Å². The van der Waals surface area contributed by atoms with Crippen LogP contribution in [-0.4, -0.2) is 40.7 Å². The highest BCUT2D eigenvalue weighted by atomic mass is 32.2. The molecule has 0 amide bonds. The highest BCUT2D eigenvalue weighted by Crippen LogP contribution is 2.19. The maximum absolute atomic E-state index is 13.1. The number of quaternary nitrogens is 1. The van der Waals surface area contributed by atoms with Gasteiger partial charge in [-0.25, -0.2) is 4.98 Å². The standard InChI is InChI=1S/C22H25N3O2S/c1-3-24(4-2)14-15-25-21(27)18-12-8-9-13-19(18)23-22(25)28-16-20(26)17-10-6-5-7-11-17/h5-13H,3-4,14-16H2,1-2H3/p+1. The maximum atomic E-state index is 13.1. The summed E-state index contributed by atoms with van der Waals surface area (Å²) in [6, 6.07) is 16.6. The van der Waals surface area contributed by atoms with Gasteiger partial charge in [0.1, 0.15) is 0 Å². The Bertz CT molecular complexity index is 998. The van der Waals surface area contributed by atoms with E-state index in [9.17, 15) is 9.59 Å². The van der Waals surface area contributed by atoms with E-state index in [-0.39, 0.29) is 17.1 Å². The molecule has 0 aliphatic carbocycles. The summed E-state index contributed by atoms with van der Waals surface area (Å²) in [5.41, 5.74) is 1.32. The van der Waals surface area contributed by atoms with Gasteiger partial charge in [-0.15, -0.1) is 0 Å². The molecule has 6 heteroatoms. The van der Waals surface area contributed by atoms with Crippen molar-refractivity contribution in [1.29, 1.82) is 0 Å². The number of rotatable bonds is 9. The molecule has 0 aliphatic rings. The molecule has 1 N–H and O–H groups in total. The summed E-state index contributed by atoms with van der Waals surface area (Å²) in [6.07, 6.45) is 0.